The zero-order chi connectivity index (χ0) is 20.4. The fourth-order valence-corrected chi connectivity index (χ4v) is 3.38. The first-order valence-electron chi connectivity index (χ1n) is 9.39. The third-order valence-corrected chi connectivity index (χ3v) is 4.63. The summed E-state index contributed by atoms with van der Waals surface area (Å²) >= 11 is 0. The van der Waals surface area contributed by atoms with Crippen LogP contribution in [0.25, 0.3) is 11.3 Å². The summed E-state index contributed by atoms with van der Waals surface area (Å²) in [6.07, 6.45) is 1.86. The summed E-state index contributed by atoms with van der Waals surface area (Å²) in [4.78, 5) is 19.0. The topological polar surface area (TPSA) is 80.5 Å². The maximum atomic E-state index is 13.9. The predicted molar refractivity (Wildman–Crippen MR) is 106 cm³/mol. The highest BCUT2D eigenvalue weighted by Crippen LogP contribution is 2.24. The zero-order valence-electron chi connectivity index (χ0n) is 16.1. The van der Waals surface area contributed by atoms with E-state index in [9.17, 15) is 9.18 Å². The van der Waals surface area contributed by atoms with Gasteiger partial charge in [-0.1, -0.05) is 17.3 Å². The van der Waals surface area contributed by atoms with E-state index in [0.29, 0.717) is 5.69 Å². The molecule has 29 heavy (non-hydrogen) atoms. The van der Waals surface area contributed by atoms with Crippen LogP contribution in [0.2, 0.25) is 0 Å². The quantitative estimate of drug-likeness (QED) is 0.724. The van der Waals surface area contributed by atoms with Gasteiger partial charge in [0.2, 0.25) is 0 Å². The predicted octanol–water partition coefficient (Wildman–Crippen LogP) is 3.74. The number of carbonyl (C=O) groups excluding carboxylic acids is 1. The van der Waals surface area contributed by atoms with Gasteiger partial charge < -0.3 is 19.5 Å². The molecule has 1 fully saturated rings. The number of aromatic nitrogens is 2. The molecule has 1 amide bonds. The van der Waals surface area contributed by atoms with Crippen LogP contribution in [0.3, 0.4) is 0 Å². The number of hydrogen-bond donors (Lipinski definition) is 1. The molecule has 7 nitrogen and oxygen atoms in total. The number of ether oxygens (including phenoxy) is 1. The fraction of sp³-hybridized carbons (Fsp3) is 0.286. The standard InChI is InChI=1S/C21H21FN4O3/c1-13-11-26(12-14(2)28-13)20-8-7-15(10-23-20)24-21(27)18-9-19(29-25-18)16-5-3-4-6-17(16)22/h3-10,13-14H,11-12H2,1-2H3,(H,24,27). The molecule has 2 aromatic heterocycles. The highest BCUT2D eigenvalue weighted by molar-refractivity contribution is 6.03. The summed E-state index contributed by atoms with van der Waals surface area (Å²) in [5.74, 6) is 0.118. The molecule has 0 saturated carbocycles. The second-order valence-corrected chi connectivity index (χ2v) is 7.08. The molecule has 1 N–H and O–H groups in total. The second-order valence-electron chi connectivity index (χ2n) is 7.08. The number of nitrogens with one attached hydrogen (secondary N) is 1. The van der Waals surface area contributed by atoms with E-state index in [0.717, 1.165) is 18.9 Å². The molecule has 3 aromatic rings. The first kappa shape index (κ1) is 19.1. The normalized spacial score (nSPS) is 19.2. The average Bonchev–Trinajstić information content (AvgIpc) is 3.18. The van der Waals surface area contributed by atoms with E-state index in [2.05, 4.69) is 20.4 Å². The van der Waals surface area contributed by atoms with Gasteiger partial charge in [-0.3, -0.25) is 4.79 Å². The zero-order valence-corrected chi connectivity index (χ0v) is 16.1. The largest absolute Gasteiger partial charge is 0.372 e. The van der Waals surface area contributed by atoms with Gasteiger partial charge in [0.05, 0.1) is 29.7 Å². The van der Waals surface area contributed by atoms with Crippen LogP contribution < -0.4 is 10.2 Å². The third-order valence-electron chi connectivity index (χ3n) is 4.63. The molecule has 3 heterocycles. The SMILES string of the molecule is CC1CN(c2ccc(NC(=O)c3cc(-c4ccccc4F)on3)cn2)CC(C)O1. The van der Waals surface area contributed by atoms with Crippen LogP contribution in [0.4, 0.5) is 15.9 Å². The van der Waals surface area contributed by atoms with Crippen molar-refractivity contribution in [2.24, 2.45) is 0 Å². The van der Waals surface area contributed by atoms with E-state index in [1.54, 1.807) is 30.5 Å². The Hall–Kier alpha value is -3.26. The van der Waals surface area contributed by atoms with E-state index < -0.39 is 11.7 Å². The number of carbonyl (C=O) groups is 1. The number of nitrogens with zero attached hydrogens (tertiary/aromatic N) is 3. The van der Waals surface area contributed by atoms with Crippen LogP contribution in [0.15, 0.2) is 53.2 Å². The van der Waals surface area contributed by atoms with Crippen molar-refractivity contribution in [1.29, 1.82) is 0 Å². The van der Waals surface area contributed by atoms with Gasteiger partial charge in [0.25, 0.3) is 5.91 Å². The number of benzene rings is 1. The van der Waals surface area contributed by atoms with Gasteiger partial charge in [-0.25, -0.2) is 9.37 Å². The lowest BCUT2D eigenvalue weighted by molar-refractivity contribution is -0.00545. The molecule has 0 bridgehead atoms. The molecule has 1 aliphatic heterocycles. The van der Waals surface area contributed by atoms with Gasteiger partial charge in [-0.05, 0) is 38.1 Å². The Labute approximate surface area is 167 Å². The lowest BCUT2D eigenvalue weighted by atomic mass is 10.1. The Kier molecular flexibility index (Phi) is 5.26. The molecule has 4 rings (SSSR count). The highest BCUT2D eigenvalue weighted by Gasteiger charge is 2.23. The molecule has 150 valence electrons. The number of morpholine rings is 1. The fourth-order valence-electron chi connectivity index (χ4n) is 3.38. The van der Waals surface area contributed by atoms with Gasteiger partial charge in [0.1, 0.15) is 11.6 Å². The van der Waals surface area contributed by atoms with Gasteiger partial charge >= 0.3 is 0 Å². The summed E-state index contributed by atoms with van der Waals surface area (Å²) in [6.45, 7) is 5.59. The van der Waals surface area contributed by atoms with Crippen LogP contribution in [0.1, 0.15) is 24.3 Å². The highest BCUT2D eigenvalue weighted by atomic mass is 19.1. The summed E-state index contributed by atoms with van der Waals surface area (Å²) in [5.41, 5.74) is 0.839. The number of halogens is 1. The van der Waals surface area contributed by atoms with E-state index >= 15 is 0 Å². The van der Waals surface area contributed by atoms with Crippen LogP contribution in [-0.4, -0.2) is 41.3 Å². The van der Waals surface area contributed by atoms with E-state index in [4.69, 9.17) is 9.26 Å². The lowest BCUT2D eigenvalue weighted by Crippen LogP contribution is -2.45. The molecular formula is C21H21FN4O3. The van der Waals surface area contributed by atoms with E-state index in [-0.39, 0.29) is 29.2 Å². The van der Waals surface area contributed by atoms with Crippen LogP contribution >= 0.6 is 0 Å². The maximum Gasteiger partial charge on any atom is 0.277 e. The summed E-state index contributed by atoms with van der Waals surface area (Å²) in [7, 11) is 0. The summed E-state index contributed by atoms with van der Waals surface area (Å²) in [5, 5.41) is 6.47. The van der Waals surface area contributed by atoms with Crippen molar-refractivity contribution in [3.05, 3.63) is 60.2 Å². The van der Waals surface area contributed by atoms with Crippen LogP contribution in [-0.2, 0) is 4.74 Å². The molecule has 2 atom stereocenters. The first-order valence-corrected chi connectivity index (χ1v) is 9.39. The van der Waals surface area contributed by atoms with Gasteiger partial charge in [0.15, 0.2) is 11.5 Å². The number of hydrogen-bond acceptors (Lipinski definition) is 6. The van der Waals surface area contributed by atoms with Crippen LogP contribution in [0, 0.1) is 5.82 Å². The smallest absolute Gasteiger partial charge is 0.277 e. The van der Waals surface area contributed by atoms with Gasteiger partial charge in [-0.2, -0.15) is 0 Å². The van der Waals surface area contributed by atoms with E-state index in [1.165, 1.54) is 12.1 Å². The Morgan fingerprint density at radius 2 is 1.93 bits per heavy atom. The van der Waals surface area contributed by atoms with Crippen molar-refractivity contribution >= 4 is 17.4 Å². The van der Waals surface area contributed by atoms with Crippen molar-refractivity contribution < 1.29 is 18.4 Å². The molecule has 0 aliphatic carbocycles. The minimum atomic E-state index is -0.459. The maximum absolute atomic E-state index is 13.9. The molecule has 0 radical (unpaired) electrons. The third kappa shape index (κ3) is 4.27. The number of pyridine rings is 1. The van der Waals surface area contributed by atoms with Crippen molar-refractivity contribution in [2.45, 2.75) is 26.1 Å². The molecule has 0 spiro atoms. The Bertz CT molecular complexity index is 995. The Balaban J connectivity index is 1.43. The molecule has 1 aliphatic rings. The molecule has 1 aromatic carbocycles. The molecule has 2 unspecified atom stereocenters. The lowest BCUT2D eigenvalue weighted by Gasteiger charge is -2.36. The molecule has 8 heteroatoms. The van der Waals surface area contributed by atoms with Crippen molar-refractivity contribution in [3.63, 3.8) is 0 Å². The van der Waals surface area contributed by atoms with Crippen molar-refractivity contribution in [2.75, 3.05) is 23.3 Å². The van der Waals surface area contributed by atoms with Crippen molar-refractivity contribution in [1.82, 2.24) is 10.1 Å². The monoisotopic (exact) mass is 396 g/mol. The van der Waals surface area contributed by atoms with Gasteiger partial charge in [-0.15, -0.1) is 0 Å². The van der Waals surface area contributed by atoms with E-state index in [1.807, 2.05) is 19.9 Å². The minimum Gasteiger partial charge on any atom is -0.372 e. The minimum absolute atomic E-state index is 0.0585. The molecular weight excluding hydrogens is 375 g/mol. The Morgan fingerprint density at radius 1 is 1.17 bits per heavy atom. The second kappa shape index (κ2) is 8.00. The Morgan fingerprint density at radius 3 is 2.62 bits per heavy atom. The number of anilines is 2. The van der Waals surface area contributed by atoms with Gasteiger partial charge in [0, 0.05) is 19.2 Å². The average molecular weight is 396 g/mol. The summed E-state index contributed by atoms with van der Waals surface area (Å²) < 4.78 is 24.7. The number of rotatable bonds is 4. The number of amides is 1. The summed E-state index contributed by atoms with van der Waals surface area (Å²) in [6, 6.07) is 11.2. The van der Waals surface area contributed by atoms with Crippen molar-refractivity contribution in [3.8, 4) is 11.3 Å². The molecule has 1 saturated heterocycles. The van der Waals surface area contributed by atoms with Crippen LogP contribution in [0.5, 0.6) is 0 Å². The first-order chi connectivity index (χ1) is 14.0.